The Balaban J connectivity index is 1.74. The van der Waals surface area contributed by atoms with Gasteiger partial charge >= 0.3 is 12.1 Å². The number of ether oxygens (including phenoxy) is 2. The number of likely N-dealkylation sites (tertiary alicyclic amines) is 1. The van der Waals surface area contributed by atoms with E-state index in [1.165, 1.54) is 11.6 Å². The average molecular weight is 397 g/mol. The number of nitrogens with zero attached hydrogens (tertiary/aromatic N) is 1. The lowest BCUT2D eigenvalue weighted by molar-refractivity contribution is -0.0221. The molecule has 0 atom stereocenters. The standard InChI is InChI=1S/C23H27NO5/c1-5-15-7-6-8-16(9-15)17-10-18(21(25)26)12-19(11-17)28-20-13-24(14-20)22(27)29-23(2,3)4/h6-12,20H,5,13-14H2,1-4H3,(H,25,26). The van der Waals surface area contributed by atoms with Gasteiger partial charge in [-0.2, -0.15) is 0 Å². The van der Waals surface area contributed by atoms with Gasteiger partial charge in [-0.25, -0.2) is 9.59 Å². The molecule has 0 unspecified atom stereocenters. The average Bonchev–Trinajstić information content (AvgIpc) is 2.62. The van der Waals surface area contributed by atoms with Gasteiger partial charge in [-0.1, -0.05) is 31.2 Å². The third kappa shape index (κ3) is 5.28. The van der Waals surface area contributed by atoms with Crippen LogP contribution < -0.4 is 4.74 Å². The summed E-state index contributed by atoms with van der Waals surface area (Å²) in [7, 11) is 0. The van der Waals surface area contributed by atoms with Crippen molar-refractivity contribution in [2.45, 2.75) is 45.8 Å². The van der Waals surface area contributed by atoms with Gasteiger partial charge < -0.3 is 19.5 Å². The zero-order valence-electron chi connectivity index (χ0n) is 17.3. The number of carboxylic acid groups (broad SMARTS) is 1. The number of amides is 1. The molecule has 2 aromatic carbocycles. The summed E-state index contributed by atoms with van der Waals surface area (Å²) < 4.78 is 11.3. The van der Waals surface area contributed by atoms with Crippen molar-refractivity contribution in [3.05, 3.63) is 53.6 Å². The first-order valence-corrected chi connectivity index (χ1v) is 9.77. The predicted molar refractivity (Wildman–Crippen MR) is 110 cm³/mol. The Hall–Kier alpha value is -3.02. The lowest BCUT2D eigenvalue weighted by Gasteiger charge is -2.39. The summed E-state index contributed by atoms with van der Waals surface area (Å²) in [4.78, 5) is 25.2. The number of hydrogen-bond acceptors (Lipinski definition) is 4. The summed E-state index contributed by atoms with van der Waals surface area (Å²) >= 11 is 0. The fraction of sp³-hybridized carbons (Fsp3) is 0.391. The monoisotopic (exact) mass is 397 g/mol. The highest BCUT2D eigenvalue weighted by atomic mass is 16.6. The Kier molecular flexibility index (Phi) is 5.82. The fourth-order valence-electron chi connectivity index (χ4n) is 3.11. The second kappa shape index (κ2) is 8.15. The number of aromatic carboxylic acids is 1. The minimum absolute atomic E-state index is 0.169. The van der Waals surface area contributed by atoms with E-state index < -0.39 is 11.6 Å². The molecule has 1 amide bonds. The van der Waals surface area contributed by atoms with E-state index in [0.29, 0.717) is 18.8 Å². The highest BCUT2D eigenvalue weighted by molar-refractivity contribution is 5.90. The fourth-order valence-corrected chi connectivity index (χ4v) is 3.11. The van der Waals surface area contributed by atoms with Crippen LogP contribution in [0.5, 0.6) is 5.75 Å². The quantitative estimate of drug-likeness (QED) is 0.797. The molecule has 3 rings (SSSR count). The Bertz CT molecular complexity index is 910. The second-order valence-electron chi connectivity index (χ2n) is 8.23. The minimum atomic E-state index is -1.01. The van der Waals surface area contributed by atoms with Crippen LogP contribution in [0.1, 0.15) is 43.6 Å². The Morgan fingerprint density at radius 1 is 1.10 bits per heavy atom. The first kappa shape index (κ1) is 20.7. The van der Waals surface area contributed by atoms with Crippen molar-refractivity contribution in [2.24, 2.45) is 0 Å². The zero-order valence-corrected chi connectivity index (χ0v) is 17.3. The van der Waals surface area contributed by atoms with Crippen LogP contribution >= 0.6 is 0 Å². The van der Waals surface area contributed by atoms with Gasteiger partial charge in [0, 0.05) is 0 Å². The summed E-state index contributed by atoms with van der Waals surface area (Å²) in [5.41, 5.74) is 2.54. The maximum Gasteiger partial charge on any atom is 0.410 e. The van der Waals surface area contributed by atoms with Crippen LogP contribution in [0.4, 0.5) is 4.79 Å². The maximum absolute atomic E-state index is 12.1. The van der Waals surface area contributed by atoms with E-state index >= 15 is 0 Å². The predicted octanol–water partition coefficient (Wildman–Crippen LogP) is 4.61. The molecule has 6 heteroatoms. The van der Waals surface area contributed by atoms with Crippen LogP contribution in [0.25, 0.3) is 11.1 Å². The van der Waals surface area contributed by atoms with E-state index in [1.54, 1.807) is 11.0 Å². The molecule has 0 radical (unpaired) electrons. The third-order valence-corrected chi connectivity index (χ3v) is 4.62. The summed E-state index contributed by atoms with van der Waals surface area (Å²) in [5, 5.41) is 9.48. The summed E-state index contributed by atoms with van der Waals surface area (Å²) in [6.07, 6.45) is 0.341. The molecule has 154 valence electrons. The zero-order chi connectivity index (χ0) is 21.2. The molecular formula is C23H27NO5. The molecule has 29 heavy (non-hydrogen) atoms. The smallest absolute Gasteiger partial charge is 0.410 e. The third-order valence-electron chi connectivity index (χ3n) is 4.62. The van der Waals surface area contributed by atoms with Gasteiger partial charge in [-0.3, -0.25) is 0 Å². The molecule has 0 aromatic heterocycles. The molecule has 2 aromatic rings. The molecule has 6 nitrogen and oxygen atoms in total. The van der Waals surface area contributed by atoms with E-state index in [9.17, 15) is 14.7 Å². The highest BCUT2D eigenvalue weighted by Gasteiger charge is 2.35. The Morgan fingerprint density at radius 2 is 1.83 bits per heavy atom. The van der Waals surface area contributed by atoms with E-state index in [-0.39, 0.29) is 17.8 Å². The van der Waals surface area contributed by atoms with Gasteiger partial charge in [0.2, 0.25) is 0 Å². The van der Waals surface area contributed by atoms with E-state index in [1.807, 2.05) is 45.0 Å². The molecule has 1 fully saturated rings. The molecular weight excluding hydrogens is 370 g/mol. The molecule has 1 N–H and O–H groups in total. The number of hydrogen-bond donors (Lipinski definition) is 1. The van der Waals surface area contributed by atoms with E-state index in [0.717, 1.165) is 17.5 Å². The lowest BCUT2D eigenvalue weighted by Crippen LogP contribution is -2.57. The summed E-state index contributed by atoms with van der Waals surface area (Å²) in [6.45, 7) is 8.37. The van der Waals surface area contributed by atoms with Gasteiger partial charge in [-0.15, -0.1) is 0 Å². The van der Waals surface area contributed by atoms with Crippen LogP contribution in [-0.4, -0.2) is 46.9 Å². The summed E-state index contributed by atoms with van der Waals surface area (Å²) in [6, 6.07) is 13.0. The van der Waals surface area contributed by atoms with Crippen molar-refractivity contribution < 1.29 is 24.2 Å². The molecule has 0 saturated carbocycles. The second-order valence-corrected chi connectivity index (χ2v) is 8.23. The van der Waals surface area contributed by atoms with Gasteiger partial charge in [-0.05, 0) is 62.1 Å². The first-order valence-electron chi connectivity index (χ1n) is 9.77. The van der Waals surface area contributed by atoms with Crippen LogP contribution in [0.15, 0.2) is 42.5 Å². The molecule has 1 aliphatic heterocycles. The van der Waals surface area contributed by atoms with E-state index in [4.69, 9.17) is 9.47 Å². The Morgan fingerprint density at radius 3 is 2.45 bits per heavy atom. The van der Waals surface area contributed by atoms with Crippen LogP contribution in [0.2, 0.25) is 0 Å². The molecule has 1 heterocycles. The molecule has 0 spiro atoms. The SMILES string of the molecule is CCc1cccc(-c2cc(OC3CN(C(=O)OC(C)(C)C)C3)cc(C(=O)O)c2)c1. The van der Waals surface area contributed by atoms with E-state index in [2.05, 4.69) is 13.0 Å². The topological polar surface area (TPSA) is 76.1 Å². The minimum Gasteiger partial charge on any atom is -0.487 e. The van der Waals surface area contributed by atoms with Crippen molar-refractivity contribution in [2.75, 3.05) is 13.1 Å². The highest BCUT2D eigenvalue weighted by Crippen LogP contribution is 2.29. The number of aryl methyl sites for hydroxylation is 1. The van der Waals surface area contributed by atoms with Gasteiger partial charge in [0.1, 0.15) is 17.5 Å². The van der Waals surface area contributed by atoms with Crippen LogP contribution in [-0.2, 0) is 11.2 Å². The lowest BCUT2D eigenvalue weighted by atomic mass is 9.99. The van der Waals surface area contributed by atoms with Gasteiger partial charge in [0.25, 0.3) is 0 Å². The molecule has 0 aliphatic carbocycles. The molecule has 1 saturated heterocycles. The summed E-state index contributed by atoms with van der Waals surface area (Å²) in [5.74, 6) is -0.525. The first-order chi connectivity index (χ1) is 13.6. The normalized spacial score (nSPS) is 14.3. The van der Waals surface area contributed by atoms with Crippen LogP contribution in [0.3, 0.4) is 0 Å². The number of rotatable bonds is 5. The van der Waals surface area contributed by atoms with Gasteiger partial charge in [0.05, 0.1) is 18.7 Å². The largest absolute Gasteiger partial charge is 0.487 e. The van der Waals surface area contributed by atoms with Gasteiger partial charge in [0.15, 0.2) is 0 Å². The van der Waals surface area contributed by atoms with Crippen molar-refractivity contribution in [1.82, 2.24) is 4.90 Å². The Labute approximate surface area is 171 Å². The van der Waals surface area contributed by atoms with Crippen molar-refractivity contribution in [3.63, 3.8) is 0 Å². The van der Waals surface area contributed by atoms with Crippen molar-refractivity contribution in [3.8, 4) is 16.9 Å². The number of carbonyl (C=O) groups is 2. The van der Waals surface area contributed by atoms with Crippen molar-refractivity contribution >= 4 is 12.1 Å². The molecule has 1 aliphatic rings. The van der Waals surface area contributed by atoms with Crippen LogP contribution in [0, 0.1) is 0 Å². The number of carbonyl (C=O) groups excluding carboxylic acids is 1. The number of carboxylic acids is 1. The van der Waals surface area contributed by atoms with Crippen molar-refractivity contribution in [1.29, 1.82) is 0 Å². The maximum atomic E-state index is 12.1. The molecule has 0 bridgehead atoms. The number of benzene rings is 2.